The van der Waals surface area contributed by atoms with E-state index in [-0.39, 0.29) is 0 Å². The van der Waals surface area contributed by atoms with Crippen LogP contribution in [0.4, 0.5) is 0 Å². The van der Waals surface area contributed by atoms with Crippen LogP contribution in [0, 0.1) is 5.92 Å². The van der Waals surface area contributed by atoms with Crippen LogP contribution in [-0.2, 0) is 16.4 Å². The lowest BCUT2D eigenvalue weighted by Gasteiger charge is -2.21. The van der Waals surface area contributed by atoms with E-state index < -0.39 is 10.0 Å². The van der Waals surface area contributed by atoms with Crippen molar-refractivity contribution >= 4 is 10.0 Å². The monoisotopic (exact) mass is 256 g/mol. The molecular weight excluding hydrogens is 236 g/mol. The van der Waals surface area contributed by atoms with Crippen molar-refractivity contribution in [1.29, 1.82) is 0 Å². The first-order valence-electron chi connectivity index (χ1n) is 5.74. The molecule has 0 unspecified atom stereocenters. The van der Waals surface area contributed by atoms with E-state index in [2.05, 4.69) is 4.98 Å². The van der Waals surface area contributed by atoms with Crippen LogP contribution in [0.2, 0.25) is 0 Å². The van der Waals surface area contributed by atoms with Gasteiger partial charge in [-0.3, -0.25) is 4.98 Å². The molecule has 0 atom stereocenters. The van der Waals surface area contributed by atoms with E-state index in [4.69, 9.17) is 0 Å². The number of hydrogen-bond donors (Lipinski definition) is 0. The molecule has 5 heteroatoms. The zero-order chi connectivity index (χ0) is 12.9. The van der Waals surface area contributed by atoms with Gasteiger partial charge in [-0.1, -0.05) is 19.9 Å². The predicted octanol–water partition coefficient (Wildman–Crippen LogP) is 1.54. The number of hydrogen-bond acceptors (Lipinski definition) is 3. The van der Waals surface area contributed by atoms with Gasteiger partial charge in [0.05, 0.1) is 6.26 Å². The van der Waals surface area contributed by atoms with Crippen LogP contribution < -0.4 is 0 Å². The summed E-state index contributed by atoms with van der Waals surface area (Å²) in [5, 5.41) is 0. The molecule has 1 aromatic heterocycles. The maximum Gasteiger partial charge on any atom is 0.211 e. The highest BCUT2D eigenvalue weighted by Gasteiger charge is 2.17. The Morgan fingerprint density at radius 1 is 1.35 bits per heavy atom. The van der Waals surface area contributed by atoms with E-state index in [1.54, 1.807) is 6.20 Å². The second-order valence-corrected chi connectivity index (χ2v) is 6.57. The molecule has 0 aliphatic heterocycles. The first kappa shape index (κ1) is 14.1. The molecule has 17 heavy (non-hydrogen) atoms. The second kappa shape index (κ2) is 6.12. The first-order valence-corrected chi connectivity index (χ1v) is 7.59. The summed E-state index contributed by atoms with van der Waals surface area (Å²) in [6.07, 6.45) is 3.64. The van der Waals surface area contributed by atoms with Crippen LogP contribution in [0.25, 0.3) is 0 Å². The van der Waals surface area contributed by atoms with Gasteiger partial charge in [-0.05, 0) is 18.1 Å². The average Bonchev–Trinajstić information content (AvgIpc) is 2.23. The zero-order valence-electron chi connectivity index (χ0n) is 10.6. The summed E-state index contributed by atoms with van der Waals surface area (Å²) >= 11 is 0. The van der Waals surface area contributed by atoms with Crippen molar-refractivity contribution in [2.24, 2.45) is 5.92 Å². The Bertz CT molecular complexity index is 429. The third kappa shape index (κ3) is 5.28. The highest BCUT2D eigenvalue weighted by Crippen LogP contribution is 2.06. The minimum atomic E-state index is -3.12. The summed E-state index contributed by atoms with van der Waals surface area (Å²) in [5.41, 5.74) is 0.921. The standard InChI is InChI=1S/C12H20N2O2S/c1-11(2)10-14(17(3,15)16)9-7-12-6-4-5-8-13-12/h4-6,8,11H,7,9-10H2,1-3H3. The first-order chi connectivity index (χ1) is 7.89. The zero-order valence-corrected chi connectivity index (χ0v) is 11.4. The molecule has 0 aliphatic carbocycles. The molecule has 0 aliphatic rings. The summed E-state index contributed by atoms with van der Waals surface area (Å²) in [6, 6.07) is 5.68. The molecule has 0 spiro atoms. The minimum absolute atomic E-state index is 0.327. The van der Waals surface area contributed by atoms with E-state index >= 15 is 0 Å². The maximum absolute atomic E-state index is 11.6. The SMILES string of the molecule is CC(C)CN(CCc1ccccn1)S(C)(=O)=O. The molecule has 0 N–H and O–H groups in total. The van der Waals surface area contributed by atoms with Gasteiger partial charge in [0.15, 0.2) is 0 Å². The smallest absolute Gasteiger partial charge is 0.211 e. The van der Waals surface area contributed by atoms with E-state index in [1.807, 2.05) is 32.0 Å². The van der Waals surface area contributed by atoms with Gasteiger partial charge in [-0.2, -0.15) is 0 Å². The normalized spacial score (nSPS) is 12.3. The molecule has 96 valence electrons. The second-order valence-electron chi connectivity index (χ2n) is 4.59. The van der Waals surface area contributed by atoms with E-state index in [0.29, 0.717) is 25.4 Å². The summed E-state index contributed by atoms with van der Waals surface area (Å²) in [4.78, 5) is 4.19. The van der Waals surface area contributed by atoms with Crippen molar-refractivity contribution < 1.29 is 8.42 Å². The Hall–Kier alpha value is -0.940. The van der Waals surface area contributed by atoms with Crippen LogP contribution in [0.15, 0.2) is 24.4 Å². The number of sulfonamides is 1. The number of nitrogens with zero attached hydrogens (tertiary/aromatic N) is 2. The molecule has 0 aromatic carbocycles. The third-order valence-corrected chi connectivity index (χ3v) is 3.65. The highest BCUT2D eigenvalue weighted by atomic mass is 32.2. The maximum atomic E-state index is 11.6. The molecule has 0 fully saturated rings. The van der Waals surface area contributed by atoms with Crippen molar-refractivity contribution in [1.82, 2.24) is 9.29 Å². The molecule has 0 saturated heterocycles. The summed E-state index contributed by atoms with van der Waals surface area (Å²) in [7, 11) is -3.12. The molecule has 0 radical (unpaired) electrons. The fourth-order valence-corrected chi connectivity index (χ4v) is 2.58. The lowest BCUT2D eigenvalue weighted by Crippen LogP contribution is -2.35. The van der Waals surface area contributed by atoms with Crippen LogP contribution >= 0.6 is 0 Å². The largest absolute Gasteiger partial charge is 0.261 e. The molecule has 1 heterocycles. The molecule has 4 nitrogen and oxygen atoms in total. The van der Waals surface area contributed by atoms with Crippen LogP contribution in [0.1, 0.15) is 19.5 Å². The van der Waals surface area contributed by atoms with Gasteiger partial charge in [-0.25, -0.2) is 12.7 Å². The van der Waals surface area contributed by atoms with Crippen LogP contribution in [0.3, 0.4) is 0 Å². The Kier molecular flexibility index (Phi) is 5.08. The van der Waals surface area contributed by atoms with Gasteiger partial charge >= 0.3 is 0 Å². The molecule has 1 aromatic rings. The van der Waals surface area contributed by atoms with Crippen molar-refractivity contribution in [3.05, 3.63) is 30.1 Å². The molecule has 0 saturated carbocycles. The lowest BCUT2D eigenvalue weighted by atomic mass is 10.2. The van der Waals surface area contributed by atoms with Gasteiger partial charge in [-0.15, -0.1) is 0 Å². The Labute approximate surface area is 104 Å². The number of rotatable bonds is 6. The third-order valence-electron chi connectivity index (χ3n) is 2.38. The van der Waals surface area contributed by atoms with Gasteiger partial charge in [0.25, 0.3) is 0 Å². The Morgan fingerprint density at radius 3 is 2.53 bits per heavy atom. The molecule has 1 rings (SSSR count). The lowest BCUT2D eigenvalue weighted by molar-refractivity contribution is 0.372. The van der Waals surface area contributed by atoms with Crippen LogP contribution in [-0.4, -0.2) is 37.1 Å². The van der Waals surface area contributed by atoms with Gasteiger partial charge in [0, 0.05) is 31.4 Å². The van der Waals surface area contributed by atoms with Gasteiger partial charge < -0.3 is 0 Å². The summed E-state index contributed by atoms with van der Waals surface area (Å²) < 4.78 is 24.7. The van der Waals surface area contributed by atoms with Crippen molar-refractivity contribution in [3.63, 3.8) is 0 Å². The van der Waals surface area contributed by atoms with E-state index in [1.165, 1.54) is 10.6 Å². The van der Waals surface area contributed by atoms with Crippen molar-refractivity contribution in [3.8, 4) is 0 Å². The number of aromatic nitrogens is 1. The number of pyridine rings is 1. The fourth-order valence-electron chi connectivity index (χ4n) is 1.59. The Balaban J connectivity index is 2.62. The van der Waals surface area contributed by atoms with E-state index in [9.17, 15) is 8.42 Å². The van der Waals surface area contributed by atoms with Crippen LogP contribution in [0.5, 0.6) is 0 Å². The van der Waals surface area contributed by atoms with Crippen molar-refractivity contribution in [2.75, 3.05) is 19.3 Å². The Morgan fingerprint density at radius 2 is 2.06 bits per heavy atom. The topological polar surface area (TPSA) is 50.3 Å². The summed E-state index contributed by atoms with van der Waals surface area (Å²) in [5.74, 6) is 0.327. The summed E-state index contributed by atoms with van der Waals surface area (Å²) in [6.45, 7) is 5.08. The van der Waals surface area contributed by atoms with Gasteiger partial charge in [0.1, 0.15) is 0 Å². The molecular formula is C12H20N2O2S. The molecule has 0 amide bonds. The van der Waals surface area contributed by atoms with E-state index in [0.717, 1.165) is 5.69 Å². The van der Waals surface area contributed by atoms with Gasteiger partial charge in [0.2, 0.25) is 10.0 Å². The molecule has 0 bridgehead atoms. The fraction of sp³-hybridized carbons (Fsp3) is 0.583. The predicted molar refractivity (Wildman–Crippen MR) is 69.2 cm³/mol. The van der Waals surface area contributed by atoms with Crippen molar-refractivity contribution in [2.45, 2.75) is 20.3 Å². The minimum Gasteiger partial charge on any atom is -0.261 e. The quantitative estimate of drug-likeness (QED) is 0.776. The highest BCUT2D eigenvalue weighted by molar-refractivity contribution is 7.88. The average molecular weight is 256 g/mol.